The lowest BCUT2D eigenvalue weighted by Crippen LogP contribution is -2.56. The van der Waals surface area contributed by atoms with E-state index in [0.29, 0.717) is 34.8 Å². The number of rotatable bonds is 6. The van der Waals surface area contributed by atoms with E-state index < -0.39 is 0 Å². The molecule has 2 atom stereocenters. The van der Waals surface area contributed by atoms with E-state index in [4.69, 9.17) is 11.6 Å². The molecule has 2 aromatic rings. The van der Waals surface area contributed by atoms with Crippen LogP contribution in [0.25, 0.3) is 0 Å². The number of carbonyl (C=O) groups excluding carboxylic acids is 3. The van der Waals surface area contributed by atoms with Crippen molar-refractivity contribution in [2.45, 2.75) is 69.4 Å². The lowest BCUT2D eigenvalue weighted by atomic mass is 9.61. The maximum atomic E-state index is 13.3. The van der Waals surface area contributed by atoms with Crippen LogP contribution in [0.1, 0.15) is 68.3 Å². The lowest BCUT2D eigenvalue weighted by molar-refractivity contribution is -0.118. The molecule has 1 aliphatic heterocycles. The van der Waals surface area contributed by atoms with Crippen molar-refractivity contribution < 1.29 is 14.4 Å². The van der Waals surface area contributed by atoms with Crippen LogP contribution >= 0.6 is 11.6 Å². The lowest BCUT2D eigenvalue weighted by Gasteiger charge is -2.47. The summed E-state index contributed by atoms with van der Waals surface area (Å²) >= 11 is 6.23. The minimum absolute atomic E-state index is 0.0111. The third-order valence-electron chi connectivity index (χ3n) is 7.49. The summed E-state index contributed by atoms with van der Waals surface area (Å²) in [6.45, 7) is 3.71. The van der Waals surface area contributed by atoms with Crippen molar-refractivity contribution in [2.24, 2.45) is 0 Å². The zero-order chi connectivity index (χ0) is 23.6. The molecule has 6 nitrogen and oxygen atoms in total. The topological polar surface area (TPSA) is 87.3 Å². The summed E-state index contributed by atoms with van der Waals surface area (Å²) in [7, 11) is 0. The first kappa shape index (κ1) is 23.5. The third-order valence-corrected chi connectivity index (χ3v) is 7.73. The Kier molecular flexibility index (Phi) is 6.59. The molecule has 33 heavy (non-hydrogen) atoms. The summed E-state index contributed by atoms with van der Waals surface area (Å²) in [6.07, 6.45) is 6.55. The quantitative estimate of drug-likeness (QED) is 0.408. The highest BCUT2D eigenvalue weighted by molar-refractivity contribution is 6.31. The number of amides is 2. The summed E-state index contributed by atoms with van der Waals surface area (Å²) in [5, 5.41) is 10.1. The van der Waals surface area contributed by atoms with E-state index in [1.807, 2.05) is 12.1 Å². The Morgan fingerprint density at radius 3 is 2.42 bits per heavy atom. The molecule has 0 radical (unpaired) electrons. The van der Waals surface area contributed by atoms with Gasteiger partial charge in [-0.15, -0.1) is 0 Å². The highest BCUT2D eigenvalue weighted by Gasteiger charge is 2.57. The first-order valence-corrected chi connectivity index (χ1v) is 11.9. The molecule has 1 heterocycles. The zero-order valence-corrected chi connectivity index (χ0v) is 19.8. The summed E-state index contributed by atoms with van der Waals surface area (Å²) in [4.78, 5) is 36.1. The van der Waals surface area contributed by atoms with E-state index >= 15 is 0 Å². The van der Waals surface area contributed by atoms with E-state index in [1.165, 1.54) is 13.3 Å². The molecular weight excluding hydrogens is 438 g/mol. The maximum Gasteiger partial charge on any atom is 0.241 e. The van der Waals surface area contributed by atoms with Gasteiger partial charge < -0.3 is 10.6 Å². The molecule has 3 N–H and O–H groups in total. The van der Waals surface area contributed by atoms with E-state index in [2.05, 4.69) is 22.9 Å². The molecule has 1 spiro atoms. The number of ketones is 1. The van der Waals surface area contributed by atoms with Gasteiger partial charge in [0.05, 0.1) is 6.04 Å². The van der Waals surface area contributed by atoms with E-state index in [9.17, 15) is 14.4 Å². The minimum Gasteiger partial charge on any atom is -0.328 e. The van der Waals surface area contributed by atoms with Gasteiger partial charge in [-0.05, 0) is 68.1 Å². The molecule has 2 aliphatic rings. The van der Waals surface area contributed by atoms with Gasteiger partial charge in [0, 0.05) is 32.9 Å². The second kappa shape index (κ2) is 9.27. The van der Waals surface area contributed by atoms with Gasteiger partial charge in [-0.25, -0.2) is 0 Å². The Morgan fingerprint density at radius 1 is 1.09 bits per heavy atom. The second-order valence-electron chi connectivity index (χ2n) is 9.45. The van der Waals surface area contributed by atoms with Crippen molar-refractivity contribution in [2.75, 3.05) is 10.6 Å². The second-order valence-corrected chi connectivity index (χ2v) is 9.89. The molecule has 1 aliphatic carbocycles. The van der Waals surface area contributed by atoms with Crippen molar-refractivity contribution in [3.05, 3.63) is 58.6 Å². The number of carbonyl (C=O) groups is 3. The normalized spacial score (nSPS) is 23.8. The Hall–Kier alpha value is -2.70. The fraction of sp³-hybridized carbons (Fsp3) is 0.423. The maximum absolute atomic E-state index is 13.3. The van der Waals surface area contributed by atoms with Crippen LogP contribution < -0.4 is 16.0 Å². The molecule has 0 aromatic heterocycles. The van der Waals surface area contributed by atoms with Gasteiger partial charge in [-0.3, -0.25) is 19.7 Å². The van der Waals surface area contributed by atoms with Gasteiger partial charge in [0.2, 0.25) is 12.3 Å². The monoisotopic (exact) mass is 467 g/mol. The van der Waals surface area contributed by atoms with Gasteiger partial charge in [0.15, 0.2) is 5.78 Å². The summed E-state index contributed by atoms with van der Waals surface area (Å²) in [5.41, 5.74) is 2.33. The van der Waals surface area contributed by atoms with Gasteiger partial charge in [0.25, 0.3) is 0 Å². The van der Waals surface area contributed by atoms with Crippen LogP contribution in [0.15, 0.2) is 42.5 Å². The number of benzene rings is 2. The smallest absolute Gasteiger partial charge is 0.241 e. The highest BCUT2D eigenvalue weighted by atomic mass is 35.5. The molecule has 1 unspecified atom stereocenters. The van der Waals surface area contributed by atoms with Crippen molar-refractivity contribution in [1.29, 1.82) is 0 Å². The van der Waals surface area contributed by atoms with Crippen molar-refractivity contribution in [3.8, 4) is 0 Å². The Morgan fingerprint density at radius 2 is 1.79 bits per heavy atom. The van der Waals surface area contributed by atoms with Crippen molar-refractivity contribution in [1.82, 2.24) is 5.32 Å². The number of hydrogen-bond donors (Lipinski definition) is 3. The van der Waals surface area contributed by atoms with E-state index in [0.717, 1.165) is 31.2 Å². The SMILES string of the molecule is CC(=O)c1ccc(NC(=O)C2C[C@@](C)(c3ccc(Cl)cc3NC=O)C3(CCCCC3)N2)cc1. The van der Waals surface area contributed by atoms with Crippen LogP contribution in [0.3, 0.4) is 0 Å². The standard InChI is InChI=1S/C26H30ClN3O3/c1-17(32)18-6-9-20(10-7-18)29-24(33)23-15-25(2,26(30-23)12-4-3-5-13-26)21-11-8-19(27)14-22(21)28-16-31/h6-11,14,16,23,30H,3-5,12-13,15H2,1-2H3,(H,28,31)(H,29,33)/t23?,25-/m0/s1. The first-order chi connectivity index (χ1) is 15.8. The average molecular weight is 468 g/mol. The van der Waals surface area contributed by atoms with E-state index in [1.54, 1.807) is 30.3 Å². The molecule has 2 amide bonds. The number of halogens is 1. The predicted molar refractivity (Wildman–Crippen MR) is 131 cm³/mol. The largest absolute Gasteiger partial charge is 0.328 e. The fourth-order valence-electron chi connectivity index (χ4n) is 5.72. The number of anilines is 2. The van der Waals surface area contributed by atoms with Gasteiger partial charge in [-0.1, -0.05) is 43.9 Å². The molecular formula is C26H30ClN3O3. The van der Waals surface area contributed by atoms with Crippen LogP contribution in [0, 0.1) is 0 Å². The van der Waals surface area contributed by atoms with Crippen molar-refractivity contribution in [3.63, 3.8) is 0 Å². The van der Waals surface area contributed by atoms with Crippen LogP contribution in [0.2, 0.25) is 5.02 Å². The van der Waals surface area contributed by atoms with Crippen LogP contribution in [0.5, 0.6) is 0 Å². The Balaban J connectivity index is 1.65. The third kappa shape index (κ3) is 4.42. The molecule has 174 valence electrons. The molecule has 1 saturated heterocycles. The highest BCUT2D eigenvalue weighted by Crippen LogP contribution is 2.53. The Labute approximate surface area is 199 Å². The fourth-order valence-corrected chi connectivity index (χ4v) is 5.90. The van der Waals surface area contributed by atoms with Crippen LogP contribution in [0.4, 0.5) is 11.4 Å². The van der Waals surface area contributed by atoms with Crippen molar-refractivity contribution >= 4 is 41.1 Å². The molecule has 2 aromatic carbocycles. The summed E-state index contributed by atoms with van der Waals surface area (Å²) in [5.74, 6) is -0.110. The Bertz CT molecular complexity index is 1060. The van der Waals surface area contributed by atoms with Crippen LogP contribution in [-0.4, -0.2) is 29.7 Å². The molecule has 7 heteroatoms. The molecule has 4 rings (SSSR count). The van der Waals surface area contributed by atoms with Gasteiger partial charge >= 0.3 is 0 Å². The molecule has 2 fully saturated rings. The predicted octanol–water partition coefficient (Wildman–Crippen LogP) is 5.07. The number of nitrogens with one attached hydrogen (secondary N) is 3. The zero-order valence-electron chi connectivity index (χ0n) is 19.0. The summed E-state index contributed by atoms with van der Waals surface area (Å²) < 4.78 is 0. The summed E-state index contributed by atoms with van der Waals surface area (Å²) in [6, 6.07) is 12.2. The first-order valence-electron chi connectivity index (χ1n) is 11.5. The van der Waals surface area contributed by atoms with Crippen LogP contribution in [-0.2, 0) is 15.0 Å². The van der Waals surface area contributed by atoms with Gasteiger partial charge in [-0.2, -0.15) is 0 Å². The minimum atomic E-state index is -0.389. The number of hydrogen-bond acceptors (Lipinski definition) is 4. The molecule has 1 saturated carbocycles. The average Bonchev–Trinajstić information content (AvgIpc) is 3.07. The molecule has 0 bridgehead atoms. The van der Waals surface area contributed by atoms with E-state index in [-0.39, 0.29) is 28.7 Å². The number of Topliss-reactive ketones (excluding diaryl/α,β-unsaturated/α-hetero) is 1. The van der Waals surface area contributed by atoms with Gasteiger partial charge in [0.1, 0.15) is 0 Å².